The van der Waals surface area contributed by atoms with E-state index < -0.39 is 0 Å². The van der Waals surface area contributed by atoms with Crippen LogP contribution in [0.25, 0.3) is 23.0 Å². The minimum absolute atomic E-state index is 0.129. The van der Waals surface area contributed by atoms with Crippen molar-refractivity contribution in [1.82, 2.24) is 19.7 Å². The van der Waals surface area contributed by atoms with E-state index in [4.69, 9.17) is 4.52 Å². The molecule has 0 aliphatic heterocycles. The highest BCUT2D eigenvalue weighted by Crippen LogP contribution is 2.35. The SMILES string of the molecule is Cn1cncc1-c1noc(-c2cccc(O)c2O)n1. The van der Waals surface area contributed by atoms with Crippen LogP contribution >= 0.6 is 0 Å². The van der Waals surface area contributed by atoms with E-state index >= 15 is 0 Å². The Kier molecular flexibility index (Phi) is 2.45. The molecule has 0 spiro atoms. The molecule has 0 radical (unpaired) electrons. The first kappa shape index (κ1) is 11.3. The van der Waals surface area contributed by atoms with Crippen LogP contribution < -0.4 is 0 Å². The van der Waals surface area contributed by atoms with Crippen LogP contribution in [0, 0.1) is 0 Å². The number of aryl methyl sites for hydroxylation is 1. The number of nitrogens with zero attached hydrogens (tertiary/aromatic N) is 4. The van der Waals surface area contributed by atoms with Crippen LogP contribution in [0.15, 0.2) is 35.2 Å². The van der Waals surface area contributed by atoms with Gasteiger partial charge in [0.05, 0.1) is 18.1 Å². The largest absolute Gasteiger partial charge is 0.504 e. The van der Waals surface area contributed by atoms with Gasteiger partial charge in [0.15, 0.2) is 11.5 Å². The van der Waals surface area contributed by atoms with Crippen LogP contribution in [0.5, 0.6) is 11.5 Å². The number of hydrogen-bond donors (Lipinski definition) is 2. The average Bonchev–Trinajstić information content (AvgIpc) is 3.01. The number of aromatic hydroxyl groups is 2. The predicted molar refractivity (Wildman–Crippen MR) is 65.3 cm³/mol. The molecule has 3 rings (SSSR count). The quantitative estimate of drug-likeness (QED) is 0.677. The Morgan fingerprint density at radius 3 is 2.84 bits per heavy atom. The zero-order valence-corrected chi connectivity index (χ0v) is 9.98. The van der Waals surface area contributed by atoms with Crippen LogP contribution in [0.1, 0.15) is 0 Å². The Hall–Kier alpha value is -2.83. The summed E-state index contributed by atoms with van der Waals surface area (Å²) in [5.41, 5.74) is 0.968. The van der Waals surface area contributed by atoms with Gasteiger partial charge in [-0.15, -0.1) is 0 Å². The van der Waals surface area contributed by atoms with Crippen molar-refractivity contribution in [1.29, 1.82) is 0 Å². The molecule has 19 heavy (non-hydrogen) atoms. The van der Waals surface area contributed by atoms with Crippen molar-refractivity contribution in [3.05, 3.63) is 30.7 Å². The fourth-order valence-corrected chi connectivity index (χ4v) is 1.71. The van der Waals surface area contributed by atoms with Gasteiger partial charge in [-0.1, -0.05) is 11.2 Å². The zero-order valence-electron chi connectivity index (χ0n) is 9.98. The third-order valence-corrected chi connectivity index (χ3v) is 2.72. The molecule has 0 fully saturated rings. The summed E-state index contributed by atoms with van der Waals surface area (Å²) in [4.78, 5) is 8.14. The molecule has 0 atom stereocenters. The number of imidazole rings is 1. The topological polar surface area (TPSA) is 97.2 Å². The molecular formula is C12H10N4O3. The summed E-state index contributed by atoms with van der Waals surface area (Å²) in [6.07, 6.45) is 3.23. The smallest absolute Gasteiger partial charge is 0.262 e. The summed E-state index contributed by atoms with van der Waals surface area (Å²) in [7, 11) is 1.81. The highest BCUT2D eigenvalue weighted by atomic mass is 16.5. The molecule has 7 nitrogen and oxygen atoms in total. The van der Waals surface area contributed by atoms with Crippen LogP contribution in [-0.2, 0) is 7.05 Å². The van der Waals surface area contributed by atoms with Crippen LogP contribution in [-0.4, -0.2) is 29.9 Å². The number of hydrogen-bond acceptors (Lipinski definition) is 6. The van der Waals surface area contributed by atoms with E-state index in [2.05, 4.69) is 15.1 Å². The first-order valence-corrected chi connectivity index (χ1v) is 5.48. The van der Waals surface area contributed by atoms with Gasteiger partial charge in [-0.05, 0) is 12.1 Å². The van der Waals surface area contributed by atoms with Gasteiger partial charge in [0.1, 0.15) is 5.69 Å². The van der Waals surface area contributed by atoms with Gasteiger partial charge in [-0.25, -0.2) is 4.98 Å². The van der Waals surface area contributed by atoms with Gasteiger partial charge in [0.2, 0.25) is 5.82 Å². The number of phenols is 2. The van der Waals surface area contributed by atoms with E-state index in [1.54, 1.807) is 29.2 Å². The molecule has 7 heteroatoms. The third-order valence-electron chi connectivity index (χ3n) is 2.72. The van der Waals surface area contributed by atoms with E-state index in [0.29, 0.717) is 11.5 Å². The summed E-state index contributed by atoms with van der Waals surface area (Å²) < 4.78 is 6.84. The maximum absolute atomic E-state index is 9.75. The maximum Gasteiger partial charge on any atom is 0.262 e. The van der Waals surface area contributed by atoms with Gasteiger partial charge < -0.3 is 19.3 Å². The highest BCUT2D eigenvalue weighted by Gasteiger charge is 2.17. The van der Waals surface area contributed by atoms with Crippen LogP contribution in [0.3, 0.4) is 0 Å². The van der Waals surface area contributed by atoms with Gasteiger partial charge >= 0.3 is 0 Å². The molecular weight excluding hydrogens is 248 g/mol. The van der Waals surface area contributed by atoms with E-state index in [1.165, 1.54) is 6.07 Å². The van der Waals surface area contributed by atoms with Crippen molar-refractivity contribution >= 4 is 0 Å². The van der Waals surface area contributed by atoms with Crippen molar-refractivity contribution in [2.75, 3.05) is 0 Å². The monoisotopic (exact) mass is 258 g/mol. The van der Waals surface area contributed by atoms with Crippen molar-refractivity contribution in [3.8, 4) is 34.5 Å². The Balaban J connectivity index is 2.07. The van der Waals surface area contributed by atoms with E-state index in [-0.39, 0.29) is 23.0 Å². The van der Waals surface area contributed by atoms with Crippen molar-refractivity contribution in [3.63, 3.8) is 0 Å². The normalized spacial score (nSPS) is 10.8. The summed E-state index contributed by atoms with van der Waals surface area (Å²) in [5.74, 6) is -0.0390. The minimum atomic E-state index is -0.289. The molecule has 2 aromatic heterocycles. The lowest BCUT2D eigenvalue weighted by atomic mass is 10.2. The van der Waals surface area contributed by atoms with Crippen molar-refractivity contribution < 1.29 is 14.7 Å². The van der Waals surface area contributed by atoms with Gasteiger partial charge in [-0.3, -0.25) is 0 Å². The fraction of sp³-hybridized carbons (Fsp3) is 0.0833. The molecule has 0 aliphatic carbocycles. The molecule has 0 saturated heterocycles. The van der Waals surface area contributed by atoms with Crippen molar-refractivity contribution in [2.24, 2.45) is 7.05 Å². The third kappa shape index (κ3) is 1.81. The second-order valence-corrected chi connectivity index (χ2v) is 3.99. The summed E-state index contributed by atoms with van der Waals surface area (Å²) >= 11 is 0. The zero-order chi connectivity index (χ0) is 13.4. The first-order valence-electron chi connectivity index (χ1n) is 5.48. The second-order valence-electron chi connectivity index (χ2n) is 3.99. The molecule has 96 valence electrons. The lowest BCUT2D eigenvalue weighted by molar-refractivity contribution is 0.397. The lowest BCUT2D eigenvalue weighted by Gasteiger charge is -2.00. The molecule has 3 aromatic rings. The summed E-state index contributed by atoms with van der Waals surface area (Å²) in [6.45, 7) is 0. The first-order chi connectivity index (χ1) is 9.16. The van der Waals surface area contributed by atoms with Gasteiger partial charge in [0.25, 0.3) is 5.89 Å². The number of rotatable bonds is 2. The molecule has 0 amide bonds. The fourth-order valence-electron chi connectivity index (χ4n) is 1.71. The Labute approximate surface area is 107 Å². The predicted octanol–water partition coefficient (Wildman–Crippen LogP) is 1.55. The van der Waals surface area contributed by atoms with E-state index in [0.717, 1.165) is 0 Å². The molecule has 0 saturated carbocycles. The molecule has 0 unspecified atom stereocenters. The Morgan fingerprint density at radius 2 is 2.11 bits per heavy atom. The number of para-hydroxylation sites is 1. The van der Waals surface area contributed by atoms with Crippen LogP contribution in [0.4, 0.5) is 0 Å². The second kappa shape index (κ2) is 4.13. The molecule has 2 heterocycles. The van der Waals surface area contributed by atoms with E-state index in [9.17, 15) is 10.2 Å². The summed E-state index contributed by atoms with van der Waals surface area (Å²) in [5, 5.41) is 23.0. The molecule has 0 bridgehead atoms. The Morgan fingerprint density at radius 1 is 1.26 bits per heavy atom. The summed E-state index contributed by atoms with van der Waals surface area (Å²) in [6, 6.07) is 4.53. The number of phenolic OH excluding ortho intramolecular Hbond substituents is 2. The average molecular weight is 258 g/mol. The van der Waals surface area contributed by atoms with Gasteiger partial charge in [0, 0.05) is 7.05 Å². The highest BCUT2D eigenvalue weighted by molar-refractivity contribution is 5.67. The van der Waals surface area contributed by atoms with Crippen LogP contribution in [0.2, 0.25) is 0 Å². The number of benzene rings is 1. The van der Waals surface area contributed by atoms with Crippen molar-refractivity contribution in [2.45, 2.75) is 0 Å². The molecule has 1 aromatic carbocycles. The minimum Gasteiger partial charge on any atom is -0.504 e. The Bertz CT molecular complexity index is 732. The maximum atomic E-state index is 9.75. The molecule has 2 N–H and O–H groups in total. The van der Waals surface area contributed by atoms with Gasteiger partial charge in [-0.2, -0.15) is 4.98 Å². The van der Waals surface area contributed by atoms with E-state index in [1.807, 2.05) is 7.05 Å². The lowest BCUT2D eigenvalue weighted by Crippen LogP contribution is -1.90. The molecule has 0 aliphatic rings. The number of aromatic nitrogens is 4. The standard InChI is InChI=1S/C12H10N4O3/c1-16-6-13-5-8(16)11-14-12(19-15-11)7-3-2-4-9(17)10(7)18/h2-6,17-18H,1H3.